The van der Waals surface area contributed by atoms with Gasteiger partial charge >= 0.3 is 5.97 Å². The van der Waals surface area contributed by atoms with Crippen LogP contribution in [-0.2, 0) is 9.53 Å². The molecule has 1 atom stereocenters. The van der Waals surface area contributed by atoms with E-state index in [9.17, 15) is 9.18 Å². The van der Waals surface area contributed by atoms with E-state index in [4.69, 9.17) is 15.2 Å². The molecule has 0 aliphatic heterocycles. The van der Waals surface area contributed by atoms with Gasteiger partial charge in [0.25, 0.3) is 0 Å². The number of carbonyl (C=O) groups is 1. The molecule has 2 N–H and O–H groups in total. The molecule has 0 amide bonds. The minimum Gasteiger partial charge on any atom is -0.491 e. The molecule has 0 spiro atoms. The summed E-state index contributed by atoms with van der Waals surface area (Å²) in [6.07, 6.45) is 1.81. The molecule has 1 fully saturated rings. The fraction of sp³-hybridized carbons (Fsp3) is 0.533. The normalized spacial score (nSPS) is 17.4. The van der Waals surface area contributed by atoms with Crippen molar-refractivity contribution in [3.8, 4) is 5.75 Å². The van der Waals surface area contributed by atoms with E-state index in [1.54, 1.807) is 19.9 Å². The molecule has 1 aliphatic carbocycles. The third-order valence-electron chi connectivity index (χ3n) is 3.57. The summed E-state index contributed by atoms with van der Waals surface area (Å²) >= 11 is 0. The van der Waals surface area contributed by atoms with E-state index in [0.29, 0.717) is 17.9 Å². The number of carbonyl (C=O) groups excluding carboxylic acids is 1. The lowest BCUT2D eigenvalue weighted by molar-refractivity contribution is -0.151. The van der Waals surface area contributed by atoms with Crippen LogP contribution in [-0.4, -0.2) is 24.7 Å². The highest BCUT2D eigenvalue weighted by Gasteiger charge is 2.50. The number of hydrogen-bond acceptors (Lipinski definition) is 4. The van der Waals surface area contributed by atoms with Crippen molar-refractivity contribution in [1.82, 2.24) is 0 Å². The van der Waals surface area contributed by atoms with Gasteiger partial charge in [-0.3, -0.25) is 0 Å². The zero-order valence-electron chi connectivity index (χ0n) is 11.8. The molecule has 1 aromatic carbocycles. The van der Waals surface area contributed by atoms with E-state index in [1.165, 1.54) is 12.1 Å². The van der Waals surface area contributed by atoms with Crippen LogP contribution in [0.5, 0.6) is 5.75 Å². The third-order valence-corrected chi connectivity index (χ3v) is 3.57. The molecule has 0 saturated heterocycles. The fourth-order valence-corrected chi connectivity index (χ4v) is 2.12. The average molecular weight is 281 g/mol. The summed E-state index contributed by atoms with van der Waals surface area (Å²) in [6.45, 7) is 3.74. The van der Waals surface area contributed by atoms with Gasteiger partial charge in [0.15, 0.2) is 5.54 Å². The highest BCUT2D eigenvalue weighted by atomic mass is 19.1. The standard InChI is InChI=1S/C15H20FNO3/c1-3-19-14(18)15(17,11-4-5-11)9-20-12-6-7-13(16)10(2)8-12/h6-8,11H,3-5,9,17H2,1-2H3. The zero-order valence-corrected chi connectivity index (χ0v) is 11.8. The number of esters is 1. The van der Waals surface area contributed by atoms with Gasteiger partial charge in [-0.2, -0.15) is 0 Å². The van der Waals surface area contributed by atoms with Crippen molar-refractivity contribution in [3.63, 3.8) is 0 Å². The Bertz CT molecular complexity index is 502. The minimum absolute atomic E-state index is 0.0432. The third kappa shape index (κ3) is 3.10. The second-order valence-electron chi connectivity index (χ2n) is 5.23. The first-order valence-corrected chi connectivity index (χ1v) is 6.82. The molecule has 4 nitrogen and oxygen atoms in total. The number of benzene rings is 1. The van der Waals surface area contributed by atoms with E-state index in [1.807, 2.05) is 0 Å². The smallest absolute Gasteiger partial charge is 0.329 e. The molecule has 1 aromatic rings. The van der Waals surface area contributed by atoms with Crippen LogP contribution in [0.3, 0.4) is 0 Å². The van der Waals surface area contributed by atoms with Gasteiger partial charge in [0.1, 0.15) is 18.2 Å². The molecular formula is C15H20FNO3. The summed E-state index contributed by atoms with van der Waals surface area (Å²) in [5.41, 5.74) is 5.56. The maximum atomic E-state index is 13.2. The van der Waals surface area contributed by atoms with Crippen molar-refractivity contribution in [1.29, 1.82) is 0 Å². The van der Waals surface area contributed by atoms with Crippen molar-refractivity contribution >= 4 is 5.97 Å². The maximum Gasteiger partial charge on any atom is 0.329 e. The van der Waals surface area contributed by atoms with Gasteiger partial charge in [-0.15, -0.1) is 0 Å². The molecule has 20 heavy (non-hydrogen) atoms. The first-order valence-electron chi connectivity index (χ1n) is 6.82. The van der Waals surface area contributed by atoms with E-state index in [0.717, 1.165) is 12.8 Å². The first-order chi connectivity index (χ1) is 9.47. The molecule has 0 heterocycles. The number of hydrogen-bond donors (Lipinski definition) is 1. The molecule has 0 radical (unpaired) electrons. The molecule has 0 aromatic heterocycles. The van der Waals surface area contributed by atoms with Crippen LogP contribution in [0.1, 0.15) is 25.3 Å². The van der Waals surface area contributed by atoms with Gasteiger partial charge in [0, 0.05) is 0 Å². The fourth-order valence-electron chi connectivity index (χ4n) is 2.12. The Balaban J connectivity index is 2.05. The summed E-state index contributed by atoms with van der Waals surface area (Å²) in [4.78, 5) is 12.0. The quantitative estimate of drug-likeness (QED) is 0.812. The molecule has 110 valence electrons. The van der Waals surface area contributed by atoms with Crippen LogP contribution < -0.4 is 10.5 Å². The zero-order chi connectivity index (χ0) is 14.8. The van der Waals surface area contributed by atoms with Gasteiger partial charge in [-0.25, -0.2) is 9.18 Å². The highest BCUT2D eigenvalue weighted by molar-refractivity contribution is 5.81. The minimum atomic E-state index is -1.11. The van der Waals surface area contributed by atoms with Crippen molar-refractivity contribution in [2.45, 2.75) is 32.2 Å². The monoisotopic (exact) mass is 281 g/mol. The topological polar surface area (TPSA) is 61.5 Å². The second-order valence-corrected chi connectivity index (χ2v) is 5.23. The van der Waals surface area contributed by atoms with E-state index in [-0.39, 0.29) is 18.3 Å². The summed E-state index contributed by atoms with van der Waals surface area (Å²) in [5.74, 6) is -0.114. The Labute approximate surface area is 118 Å². The lowest BCUT2D eigenvalue weighted by Crippen LogP contribution is -2.55. The summed E-state index contributed by atoms with van der Waals surface area (Å²) in [7, 11) is 0. The second kappa shape index (κ2) is 5.79. The molecule has 0 bridgehead atoms. The van der Waals surface area contributed by atoms with E-state index in [2.05, 4.69) is 0 Å². The van der Waals surface area contributed by atoms with Gasteiger partial charge < -0.3 is 15.2 Å². The van der Waals surface area contributed by atoms with E-state index >= 15 is 0 Å². The summed E-state index contributed by atoms with van der Waals surface area (Å²) < 4.78 is 23.8. The number of ether oxygens (including phenoxy) is 2. The van der Waals surface area contributed by atoms with Crippen molar-refractivity contribution in [2.75, 3.05) is 13.2 Å². The maximum absolute atomic E-state index is 13.2. The molecule has 2 rings (SSSR count). The summed E-state index contributed by atoms with van der Waals surface area (Å²) in [5, 5.41) is 0. The van der Waals surface area contributed by atoms with Crippen molar-refractivity contribution < 1.29 is 18.7 Å². The average Bonchev–Trinajstić information content (AvgIpc) is 3.25. The Morgan fingerprint density at radius 3 is 2.75 bits per heavy atom. The predicted molar refractivity (Wildman–Crippen MR) is 72.9 cm³/mol. The number of rotatable bonds is 6. The van der Waals surface area contributed by atoms with Gasteiger partial charge in [0.2, 0.25) is 0 Å². The van der Waals surface area contributed by atoms with Crippen molar-refractivity contribution in [2.24, 2.45) is 11.7 Å². The predicted octanol–water partition coefficient (Wildman–Crippen LogP) is 2.18. The Morgan fingerprint density at radius 1 is 1.50 bits per heavy atom. The SMILES string of the molecule is CCOC(=O)C(N)(COc1ccc(F)c(C)c1)C1CC1. The Kier molecular flexibility index (Phi) is 4.28. The molecule has 1 aliphatic rings. The van der Waals surface area contributed by atoms with Gasteiger partial charge in [-0.05, 0) is 56.4 Å². The van der Waals surface area contributed by atoms with Crippen LogP contribution in [0.4, 0.5) is 4.39 Å². The Hall–Kier alpha value is -1.62. The largest absolute Gasteiger partial charge is 0.491 e. The molecule has 1 saturated carbocycles. The Morgan fingerprint density at radius 2 is 2.20 bits per heavy atom. The first kappa shape index (κ1) is 14.8. The van der Waals surface area contributed by atoms with Gasteiger partial charge in [0.05, 0.1) is 6.61 Å². The molecule has 1 unspecified atom stereocenters. The number of aryl methyl sites for hydroxylation is 1. The van der Waals surface area contributed by atoms with Gasteiger partial charge in [-0.1, -0.05) is 0 Å². The van der Waals surface area contributed by atoms with Crippen LogP contribution >= 0.6 is 0 Å². The van der Waals surface area contributed by atoms with Crippen molar-refractivity contribution in [3.05, 3.63) is 29.6 Å². The number of halogens is 1. The summed E-state index contributed by atoms with van der Waals surface area (Å²) in [6, 6.07) is 4.46. The van der Waals surface area contributed by atoms with Crippen LogP contribution in [0.15, 0.2) is 18.2 Å². The molecular weight excluding hydrogens is 261 g/mol. The lowest BCUT2D eigenvalue weighted by Gasteiger charge is -2.27. The lowest BCUT2D eigenvalue weighted by atomic mass is 9.96. The van der Waals surface area contributed by atoms with Crippen LogP contribution in [0, 0.1) is 18.7 Å². The van der Waals surface area contributed by atoms with Crippen LogP contribution in [0.25, 0.3) is 0 Å². The molecule has 5 heteroatoms. The van der Waals surface area contributed by atoms with E-state index < -0.39 is 11.5 Å². The van der Waals surface area contributed by atoms with Crippen LogP contribution in [0.2, 0.25) is 0 Å². The highest BCUT2D eigenvalue weighted by Crippen LogP contribution is 2.39. The number of nitrogens with two attached hydrogens (primary N) is 1.